The highest BCUT2D eigenvalue weighted by molar-refractivity contribution is 9.10. The lowest BCUT2D eigenvalue weighted by Crippen LogP contribution is -2.21. The normalized spacial score (nSPS) is 15.5. The van der Waals surface area contributed by atoms with Gasteiger partial charge in [0.1, 0.15) is 0 Å². The molecule has 1 aliphatic heterocycles. The molecule has 3 rings (SSSR count). The van der Waals surface area contributed by atoms with Gasteiger partial charge in [0.2, 0.25) is 10.0 Å². The predicted molar refractivity (Wildman–Crippen MR) is 118 cm³/mol. The van der Waals surface area contributed by atoms with Crippen molar-refractivity contribution < 1.29 is 22.7 Å². The Morgan fingerprint density at radius 3 is 2.47 bits per heavy atom. The summed E-state index contributed by atoms with van der Waals surface area (Å²) < 4.78 is 34.5. The van der Waals surface area contributed by atoms with Crippen LogP contribution in [-0.2, 0) is 14.8 Å². The number of carbonyl (C=O) groups excluding carboxylic acids is 1. The molecule has 0 unspecified atom stereocenters. The number of primary sulfonamides is 1. The summed E-state index contributed by atoms with van der Waals surface area (Å²) in [6.07, 6.45) is 1.71. The zero-order chi connectivity index (χ0) is 22.1. The van der Waals surface area contributed by atoms with E-state index in [1.165, 1.54) is 29.3 Å². The molecule has 8 nitrogen and oxygen atoms in total. The van der Waals surface area contributed by atoms with E-state index in [1.807, 2.05) is 13.0 Å². The highest BCUT2D eigenvalue weighted by Gasteiger charge is 2.29. The topological polar surface area (TPSA) is 111 Å². The Kier molecular flexibility index (Phi) is 6.30. The Hall–Kier alpha value is -2.69. The van der Waals surface area contributed by atoms with E-state index in [2.05, 4.69) is 21.0 Å². The van der Waals surface area contributed by atoms with Gasteiger partial charge in [-0.15, -0.1) is 0 Å². The molecule has 2 aromatic rings. The summed E-state index contributed by atoms with van der Waals surface area (Å²) in [7, 11) is -2.27. The summed E-state index contributed by atoms with van der Waals surface area (Å²) in [5.41, 5.74) is 2.09. The molecule has 0 fully saturated rings. The summed E-state index contributed by atoms with van der Waals surface area (Å²) in [5, 5.41) is 10.6. The minimum Gasteiger partial charge on any atom is -0.493 e. The number of anilines is 1. The van der Waals surface area contributed by atoms with E-state index >= 15 is 0 Å². The van der Waals surface area contributed by atoms with E-state index in [1.54, 1.807) is 26.2 Å². The Labute approximate surface area is 183 Å². The summed E-state index contributed by atoms with van der Waals surface area (Å²) in [6, 6.07) is 9.22. The third kappa shape index (κ3) is 4.40. The predicted octanol–water partition coefficient (Wildman–Crippen LogP) is 3.31. The Morgan fingerprint density at radius 2 is 1.90 bits per heavy atom. The number of hydrogen-bond acceptors (Lipinski definition) is 6. The van der Waals surface area contributed by atoms with Crippen LogP contribution in [0.1, 0.15) is 19.4 Å². The molecule has 0 saturated heterocycles. The maximum Gasteiger partial charge on any atom is 0.280 e. The van der Waals surface area contributed by atoms with Gasteiger partial charge in [-0.25, -0.2) is 13.6 Å². The molecule has 0 aromatic heterocycles. The van der Waals surface area contributed by atoms with Gasteiger partial charge in [-0.3, -0.25) is 4.79 Å². The van der Waals surface area contributed by atoms with E-state index in [-0.39, 0.29) is 10.8 Å². The first-order valence-electron chi connectivity index (χ1n) is 8.90. The fourth-order valence-electron chi connectivity index (χ4n) is 2.91. The number of nitrogens with zero attached hydrogens (tertiary/aromatic N) is 2. The molecule has 1 amide bonds. The molecule has 0 saturated carbocycles. The van der Waals surface area contributed by atoms with Crippen LogP contribution >= 0.6 is 15.9 Å². The third-order valence-electron chi connectivity index (χ3n) is 4.32. The number of ether oxygens (including phenoxy) is 2. The second-order valence-corrected chi connectivity index (χ2v) is 8.78. The largest absolute Gasteiger partial charge is 0.493 e. The van der Waals surface area contributed by atoms with E-state index in [0.29, 0.717) is 39.6 Å². The summed E-state index contributed by atoms with van der Waals surface area (Å²) in [4.78, 5) is 12.9. The first-order chi connectivity index (χ1) is 14.2. The van der Waals surface area contributed by atoms with Crippen molar-refractivity contribution in [2.45, 2.75) is 18.7 Å². The van der Waals surface area contributed by atoms with Crippen molar-refractivity contribution in [1.29, 1.82) is 0 Å². The molecule has 1 aliphatic rings. The number of amides is 1. The molecule has 1 heterocycles. The zero-order valence-corrected chi connectivity index (χ0v) is 19.0. The fourth-order valence-corrected chi connectivity index (χ4v) is 4.00. The van der Waals surface area contributed by atoms with E-state index < -0.39 is 10.0 Å². The van der Waals surface area contributed by atoms with Crippen LogP contribution in [0.3, 0.4) is 0 Å². The lowest BCUT2D eigenvalue weighted by Gasteiger charge is -2.13. The SMILES string of the molecule is CCOc1c(Br)cc(C=C2C(=O)N(c3ccc(S(N)(=O)=O)cc3)N=C2C)cc1OC. The van der Waals surface area contributed by atoms with E-state index in [4.69, 9.17) is 14.6 Å². The first-order valence-corrected chi connectivity index (χ1v) is 11.2. The minimum absolute atomic E-state index is 0.0410. The number of nitrogens with two attached hydrogens (primary N) is 1. The lowest BCUT2D eigenvalue weighted by atomic mass is 10.1. The molecule has 2 N–H and O–H groups in total. The standard InChI is InChI=1S/C20H20BrN3O5S/c1-4-29-19-17(21)10-13(11-18(19)28-3)9-16-12(2)23-24(20(16)25)14-5-7-15(8-6-14)30(22,26)27/h5-11H,4H2,1-3H3,(H2,22,26,27). The molecule has 0 atom stereocenters. The molecule has 0 radical (unpaired) electrons. The molecule has 0 aliphatic carbocycles. The number of methoxy groups -OCH3 is 1. The van der Waals surface area contributed by atoms with Crippen LogP contribution in [0.5, 0.6) is 11.5 Å². The highest BCUT2D eigenvalue weighted by Crippen LogP contribution is 2.37. The van der Waals surface area contributed by atoms with Gasteiger partial charge in [0.15, 0.2) is 11.5 Å². The molecule has 0 spiro atoms. The maximum absolute atomic E-state index is 12.9. The average Bonchev–Trinajstić information content (AvgIpc) is 2.97. The van der Waals surface area contributed by atoms with Crippen LogP contribution in [0.25, 0.3) is 6.08 Å². The Balaban J connectivity index is 1.94. The number of benzene rings is 2. The van der Waals surface area contributed by atoms with Gasteiger partial charge in [0.05, 0.1) is 40.1 Å². The first kappa shape index (κ1) is 22.0. The van der Waals surface area contributed by atoms with E-state index in [0.717, 1.165) is 5.56 Å². The van der Waals surface area contributed by atoms with Gasteiger partial charge < -0.3 is 9.47 Å². The van der Waals surface area contributed by atoms with Gasteiger partial charge in [0, 0.05) is 0 Å². The zero-order valence-electron chi connectivity index (χ0n) is 16.5. The van der Waals surface area contributed by atoms with Gasteiger partial charge in [-0.2, -0.15) is 10.1 Å². The Bertz CT molecular complexity index is 1160. The molecule has 2 aromatic carbocycles. The molecular formula is C20H20BrN3O5S. The van der Waals surface area contributed by atoms with Crippen molar-refractivity contribution in [2.75, 3.05) is 18.7 Å². The van der Waals surface area contributed by atoms with Crippen molar-refractivity contribution in [3.63, 3.8) is 0 Å². The van der Waals surface area contributed by atoms with Crippen molar-refractivity contribution in [3.05, 3.63) is 52.0 Å². The van der Waals surface area contributed by atoms with Crippen molar-refractivity contribution in [2.24, 2.45) is 10.2 Å². The fraction of sp³-hybridized carbons (Fsp3) is 0.200. The summed E-state index contributed by atoms with van der Waals surface area (Å²) in [6.45, 7) is 4.09. The molecular weight excluding hydrogens is 474 g/mol. The highest BCUT2D eigenvalue weighted by atomic mass is 79.9. The van der Waals surface area contributed by atoms with Gasteiger partial charge in [0.25, 0.3) is 5.91 Å². The molecule has 0 bridgehead atoms. The maximum atomic E-state index is 12.9. The van der Waals surface area contributed by atoms with Gasteiger partial charge in [-0.05, 0) is 77.8 Å². The molecule has 10 heteroatoms. The van der Waals surface area contributed by atoms with E-state index in [9.17, 15) is 13.2 Å². The summed E-state index contributed by atoms with van der Waals surface area (Å²) >= 11 is 3.47. The number of sulfonamides is 1. The molecule has 158 valence electrons. The number of carbonyl (C=O) groups is 1. The van der Waals surface area contributed by atoms with Crippen LogP contribution < -0.4 is 19.6 Å². The number of halogens is 1. The Morgan fingerprint density at radius 1 is 1.23 bits per heavy atom. The minimum atomic E-state index is -3.81. The van der Waals surface area contributed by atoms with Crippen LogP contribution in [0.2, 0.25) is 0 Å². The van der Waals surface area contributed by atoms with Crippen molar-refractivity contribution in [3.8, 4) is 11.5 Å². The molecule has 30 heavy (non-hydrogen) atoms. The van der Waals surface area contributed by atoms with Gasteiger partial charge in [-0.1, -0.05) is 0 Å². The summed E-state index contributed by atoms with van der Waals surface area (Å²) in [5.74, 6) is 0.787. The smallest absolute Gasteiger partial charge is 0.280 e. The number of hydrogen-bond donors (Lipinski definition) is 1. The lowest BCUT2D eigenvalue weighted by molar-refractivity contribution is -0.114. The average molecular weight is 494 g/mol. The third-order valence-corrected chi connectivity index (χ3v) is 5.84. The second kappa shape index (κ2) is 8.58. The number of rotatable bonds is 6. The van der Waals surface area contributed by atoms with Crippen LogP contribution in [0.4, 0.5) is 5.69 Å². The van der Waals surface area contributed by atoms with Crippen LogP contribution in [0.15, 0.2) is 56.4 Å². The van der Waals surface area contributed by atoms with Crippen LogP contribution in [-0.4, -0.2) is 33.8 Å². The van der Waals surface area contributed by atoms with Gasteiger partial charge >= 0.3 is 0 Å². The van der Waals surface area contributed by atoms with Crippen LogP contribution in [0, 0.1) is 0 Å². The quantitative estimate of drug-likeness (QED) is 0.620. The monoisotopic (exact) mass is 493 g/mol. The van der Waals surface area contributed by atoms with Crippen molar-refractivity contribution in [1.82, 2.24) is 0 Å². The van der Waals surface area contributed by atoms with Crippen molar-refractivity contribution >= 4 is 49.3 Å². The number of hydrazone groups is 1. The second-order valence-electron chi connectivity index (χ2n) is 6.37.